The maximum Gasteiger partial charge on any atom is 0.220 e. The van der Waals surface area contributed by atoms with E-state index in [0.29, 0.717) is 26.0 Å². The quantitative estimate of drug-likeness (QED) is 0.723. The summed E-state index contributed by atoms with van der Waals surface area (Å²) in [6, 6.07) is 7.91. The monoisotopic (exact) mass is 250 g/mol. The molecule has 0 radical (unpaired) electrons. The predicted molar refractivity (Wildman–Crippen MR) is 72.6 cm³/mol. The van der Waals surface area contributed by atoms with Crippen molar-refractivity contribution in [2.24, 2.45) is 5.73 Å². The number of carbonyl (C=O) groups is 1. The number of amides is 1. The van der Waals surface area contributed by atoms with Gasteiger partial charge in [0.25, 0.3) is 0 Å². The van der Waals surface area contributed by atoms with Crippen LogP contribution >= 0.6 is 0 Å². The number of carbonyl (C=O) groups excluding carboxylic acids is 1. The first kappa shape index (κ1) is 14.5. The van der Waals surface area contributed by atoms with Gasteiger partial charge in [0.2, 0.25) is 5.91 Å². The van der Waals surface area contributed by atoms with E-state index in [1.165, 1.54) is 5.56 Å². The van der Waals surface area contributed by atoms with Gasteiger partial charge in [-0.1, -0.05) is 17.7 Å². The molecular formula is C14H22N2O2. The van der Waals surface area contributed by atoms with Crippen LogP contribution in [0.4, 0.5) is 0 Å². The first-order valence-corrected chi connectivity index (χ1v) is 6.29. The van der Waals surface area contributed by atoms with Crippen LogP contribution in [0.25, 0.3) is 0 Å². The summed E-state index contributed by atoms with van der Waals surface area (Å²) in [5.74, 6) is 0.852. The summed E-state index contributed by atoms with van der Waals surface area (Å²) in [7, 11) is 0. The van der Waals surface area contributed by atoms with E-state index in [0.717, 1.165) is 5.75 Å². The van der Waals surface area contributed by atoms with Crippen molar-refractivity contribution in [3.05, 3.63) is 29.8 Å². The summed E-state index contributed by atoms with van der Waals surface area (Å²) in [6.45, 7) is 4.93. The van der Waals surface area contributed by atoms with Crippen LogP contribution in [0.15, 0.2) is 24.3 Å². The van der Waals surface area contributed by atoms with Gasteiger partial charge in [0.1, 0.15) is 12.4 Å². The van der Waals surface area contributed by atoms with Gasteiger partial charge in [-0.15, -0.1) is 0 Å². The molecule has 0 aliphatic carbocycles. The molecule has 4 heteroatoms. The number of hydrogen-bond acceptors (Lipinski definition) is 3. The Morgan fingerprint density at radius 2 is 2.06 bits per heavy atom. The number of nitrogens with one attached hydrogen (secondary N) is 1. The third kappa shape index (κ3) is 6.25. The van der Waals surface area contributed by atoms with Crippen molar-refractivity contribution in [1.82, 2.24) is 5.32 Å². The summed E-state index contributed by atoms with van der Waals surface area (Å²) < 4.78 is 5.50. The molecule has 0 bridgehead atoms. The lowest BCUT2D eigenvalue weighted by molar-refractivity contribution is -0.121. The number of hydrogen-bond donors (Lipinski definition) is 2. The molecule has 18 heavy (non-hydrogen) atoms. The average molecular weight is 250 g/mol. The van der Waals surface area contributed by atoms with Crippen LogP contribution in [0.3, 0.4) is 0 Å². The van der Waals surface area contributed by atoms with Crippen LogP contribution in [0.1, 0.15) is 25.3 Å². The van der Waals surface area contributed by atoms with Gasteiger partial charge in [-0.05, 0) is 32.4 Å². The lowest BCUT2D eigenvalue weighted by atomic mass is 10.2. The highest BCUT2D eigenvalue weighted by Gasteiger charge is 2.02. The van der Waals surface area contributed by atoms with E-state index in [9.17, 15) is 4.79 Å². The second-order valence-corrected chi connectivity index (χ2v) is 4.53. The van der Waals surface area contributed by atoms with Gasteiger partial charge in [0.15, 0.2) is 0 Å². The minimum Gasteiger partial charge on any atom is -0.492 e. The summed E-state index contributed by atoms with van der Waals surface area (Å²) in [6.07, 6.45) is 1.19. The molecule has 0 aliphatic heterocycles. The maximum atomic E-state index is 11.4. The van der Waals surface area contributed by atoms with Crippen LogP contribution in [0.5, 0.6) is 5.75 Å². The lowest BCUT2D eigenvalue weighted by Gasteiger charge is -2.08. The van der Waals surface area contributed by atoms with Gasteiger partial charge in [0, 0.05) is 12.5 Å². The van der Waals surface area contributed by atoms with E-state index >= 15 is 0 Å². The highest BCUT2D eigenvalue weighted by Crippen LogP contribution is 2.10. The van der Waals surface area contributed by atoms with Crippen molar-refractivity contribution in [3.63, 3.8) is 0 Å². The largest absolute Gasteiger partial charge is 0.492 e. The molecule has 0 spiro atoms. The SMILES string of the molecule is Cc1ccc(OCCNC(=O)CCC(C)N)cc1. The fourth-order valence-corrected chi connectivity index (χ4v) is 1.44. The van der Waals surface area contributed by atoms with Crippen molar-refractivity contribution < 1.29 is 9.53 Å². The zero-order chi connectivity index (χ0) is 13.4. The van der Waals surface area contributed by atoms with Gasteiger partial charge < -0.3 is 15.8 Å². The third-order valence-corrected chi connectivity index (χ3v) is 2.54. The molecule has 1 amide bonds. The van der Waals surface area contributed by atoms with Crippen molar-refractivity contribution in [2.45, 2.75) is 32.7 Å². The number of ether oxygens (including phenoxy) is 1. The van der Waals surface area contributed by atoms with Gasteiger partial charge in [-0.3, -0.25) is 4.79 Å². The number of benzene rings is 1. The molecule has 100 valence electrons. The zero-order valence-electron chi connectivity index (χ0n) is 11.1. The molecule has 1 atom stereocenters. The Kier molecular flexibility index (Phi) is 6.22. The zero-order valence-corrected chi connectivity index (χ0v) is 11.1. The summed E-state index contributed by atoms with van der Waals surface area (Å²) in [4.78, 5) is 11.4. The van der Waals surface area contributed by atoms with Crippen LogP contribution in [-0.4, -0.2) is 25.1 Å². The molecule has 0 fully saturated rings. The molecule has 0 saturated carbocycles. The molecule has 0 saturated heterocycles. The standard InChI is InChI=1S/C14H22N2O2/c1-11-3-6-13(7-4-11)18-10-9-16-14(17)8-5-12(2)15/h3-4,6-7,12H,5,8-10,15H2,1-2H3,(H,16,17). The predicted octanol–water partition coefficient (Wildman–Crippen LogP) is 1.62. The number of aryl methyl sites for hydroxylation is 1. The minimum atomic E-state index is 0.0276. The Labute approximate surface area is 109 Å². The topological polar surface area (TPSA) is 64.3 Å². The summed E-state index contributed by atoms with van der Waals surface area (Å²) in [5, 5.41) is 2.80. The van der Waals surface area contributed by atoms with Crippen molar-refractivity contribution >= 4 is 5.91 Å². The van der Waals surface area contributed by atoms with Gasteiger partial charge >= 0.3 is 0 Å². The molecule has 0 aromatic heterocycles. The Morgan fingerprint density at radius 1 is 1.39 bits per heavy atom. The Morgan fingerprint density at radius 3 is 2.67 bits per heavy atom. The van der Waals surface area contributed by atoms with E-state index in [1.54, 1.807) is 0 Å². The molecule has 1 rings (SSSR count). The summed E-state index contributed by atoms with van der Waals surface area (Å²) >= 11 is 0. The van der Waals surface area contributed by atoms with Gasteiger partial charge in [-0.2, -0.15) is 0 Å². The highest BCUT2D eigenvalue weighted by atomic mass is 16.5. The maximum absolute atomic E-state index is 11.4. The molecule has 3 N–H and O–H groups in total. The Balaban J connectivity index is 2.11. The van der Waals surface area contributed by atoms with Gasteiger partial charge in [-0.25, -0.2) is 0 Å². The number of rotatable bonds is 7. The first-order valence-electron chi connectivity index (χ1n) is 6.29. The smallest absolute Gasteiger partial charge is 0.220 e. The molecular weight excluding hydrogens is 228 g/mol. The highest BCUT2D eigenvalue weighted by molar-refractivity contribution is 5.75. The van der Waals surface area contributed by atoms with Crippen LogP contribution in [-0.2, 0) is 4.79 Å². The Bertz CT molecular complexity index is 361. The van der Waals surface area contributed by atoms with E-state index in [1.807, 2.05) is 38.1 Å². The molecule has 4 nitrogen and oxygen atoms in total. The van der Waals surface area contributed by atoms with E-state index in [4.69, 9.17) is 10.5 Å². The number of nitrogens with two attached hydrogens (primary N) is 1. The molecule has 1 aromatic rings. The van der Waals surface area contributed by atoms with Gasteiger partial charge in [0.05, 0.1) is 6.54 Å². The van der Waals surface area contributed by atoms with Crippen molar-refractivity contribution in [3.8, 4) is 5.75 Å². The van der Waals surface area contributed by atoms with Crippen molar-refractivity contribution in [1.29, 1.82) is 0 Å². The van der Waals surface area contributed by atoms with Crippen molar-refractivity contribution in [2.75, 3.05) is 13.2 Å². The van der Waals surface area contributed by atoms with E-state index in [2.05, 4.69) is 5.32 Å². The molecule has 0 aliphatic rings. The van der Waals surface area contributed by atoms with E-state index in [-0.39, 0.29) is 11.9 Å². The second-order valence-electron chi connectivity index (χ2n) is 4.53. The van der Waals surface area contributed by atoms with Crippen LogP contribution in [0, 0.1) is 6.92 Å². The fraction of sp³-hybridized carbons (Fsp3) is 0.500. The van der Waals surface area contributed by atoms with E-state index < -0.39 is 0 Å². The normalized spacial score (nSPS) is 11.9. The summed E-state index contributed by atoms with van der Waals surface area (Å²) in [5.41, 5.74) is 6.78. The first-order chi connectivity index (χ1) is 8.58. The molecule has 1 aromatic carbocycles. The lowest BCUT2D eigenvalue weighted by Crippen LogP contribution is -2.29. The fourth-order valence-electron chi connectivity index (χ4n) is 1.44. The average Bonchev–Trinajstić information content (AvgIpc) is 2.34. The molecule has 1 unspecified atom stereocenters. The third-order valence-electron chi connectivity index (χ3n) is 2.54. The minimum absolute atomic E-state index is 0.0276. The van der Waals surface area contributed by atoms with Crippen LogP contribution < -0.4 is 15.8 Å². The second kappa shape index (κ2) is 7.71. The Hall–Kier alpha value is -1.55. The molecule has 0 heterocycles. The van der Waals surface area contributed by atoms with Crippen LogP contribution in [0.2, 0.25) is 0 Å².